The SMILES string of the molecule is CCc1ccc(N2C[C@H](C(=O)NCc3ccccn3)CC2=O)cc1. The number of pyridine rings is 1. The lowest BCUT2D eigenvalue weighted by molar-refractivity contribution is -0.126. The molecule has 0 unspecified atom stereocenters. The van der Waals surface area contributed by atoms with E-state index in [0.717, 1.165) is 17.8 Å². The van der Waals surface area contributed by atoms with Gasteiger partial charge in [0.05, 0.1) is 18.2 Å². The zero-order valence-electron chi connectivity index (χ0n) is 13.7. The fourth-order valence-corrected chi connectivity index (χ4v) is 2.87. The summed E-state index contributed by atoms with van der Waals surface area (Å²) < 4.78 is 0. The molecule has 1 aliphatic heterocycles. The highest BCUT2D eigenvalue weighted by Crippen LogP contribution is 2.25. The smallest absolute Gasteiger partial charge is 0.227 e. The normalized spacial score (nSPS) is 17.1. The van der Waals surface area contributed by atoms with Crippen LogP contribution in [0.5, 0.6) is 0 Å². The minimum Gasteiger partial charge on any atom is -0.350 e. The van der Waals surface area contributed by atoms with Gasteiger partial charge in [-0.15, -0.1) is 0 Å². The molecule has 1 N–H and O–H groups in total. The third-order valence-electron chi connectivity index (χ3n) is 4.32. The Bertz CT molecular complexity index is 713. The maximum absolute atomic E-state index is 12.3. The highest BCUT2D eigenvalue weighted by Gasteiger charge is 2.34. The standard InChI is InChI=1S/C19H21N3O2/c1-2-14-6-8-17(9-7-14)22-13-15(11-18(22)23)19(24)21-12-16-5-3-4-10-20-16/h3-10,15H,2,11-13H2,1H3,(H,21,24)/t15-/m1/s1. The molecule has 5 nitrogen and oxygen atoms in total. The van der Waals surface area contributed by atoms with Gasteiger partial charge in [0.15, 0.2) is 0 Å². The van der Waals surface area contributed by atoms with Crippen LogP contribution in [0.15, 0.2) is 48.7 Å². The zero-order valence-corrected chi connectivity index (χ0v) is 13.7. The summed E-state index contributed by atoms with van der Waals surface area (Å²) in [6, 6.07) is 13.5. The van der Waals surface area contributed by atoms with Crippen molar-refractivity contribution in [3.8, 4) is 0 Å². The first-order valence-corrected chi connectivity index (χ1v) is 8.24. The van der Waals surface area contributed by atoms with Crippen LogP contribution in [0.1, 0.15) is 24.6 Å². The van der Waals surface area contributed by atoms with Crippen LogP contribution in [-0.4, -0.2) is 23.3 Å². The molecular formula is C19H21N3O2. The maximum atomic E-state index is 12.3. The largest absolute Gasteiger partial charge is 0.350 e. The number of benzene rings is 1. The average molecular weight is 323 g/mol. The summed E-state index contributed by atoms with van der Waals surface area (Å²) in [6.45, 7) is 2.91. The Labute approximate surface area is 141 Å². The third kappa shape index (κ3) is 3.62. The van der Waals surface area contributed by atoms with Crippen molar-refractivity contribution in [2.24, 2.45) is 5.92 Å². The summed E-state index contributed by atoms with van der Waals surface area (Å²) in [5.41, 5.74) is 2.90. The molecular weight excluding hydrogens is 302 g/mol. The molecule has 0 radical (unpaired) electrons. The summed E-state index contributed by atoms with van der Waals surface area (Å²) in [5, 5.41) is 2.87. The molecule has 1 aromatic heterocycles. The molecule has 2 amide bonds. The fraction of sp³-hybridized carbons (Fsp3) is 0.316. The number of rotatable bonds is 5. The van der Waals surface area contributed by atoms with Crippen molar-refractivity contribution < 1.29 is 9.59 Å². The summed E-state index contributed by atoms with van der Waals surface area (Å²) in [5.74, 6) is -0.411. The first-order valence-electron chi connectivity index (χ1n) is 8.24. The highest BCUT2D eigenvalue weighted by atomic mass is 16.2. The maximum Gasteiger partial charge on any atom is 0.227 e. The Balaban J connectivity index is 1.60. The summed E-state index contributed by atoms with van der Waals surface area (Å²) in [6.07, 6.45) is 2.92. The van der Waals surface area contributed by atoms with Crippen LogP contribution in [-0.2, 0) is 22.6 Å². The van der Waals surface area contributed by atoms with E-state index in [-0.39, 0.29) is 24.2 Å². The van der Waals surface area contributed by atoms with Crippen molar-refractivity contribution in [2.45, 2.75) is 26.3 Å². The summed E-state index contributed by atoms with van der Waals surface area (Å²) in [7, 11) is 0. The van der Waals surface area contributed by atoms with Crippen molar-refractivity contribution in [1.82, 2.24) is 10.3 Å². The Morgan fingerprint density at radius 2 is 2.04 bits per heavy atom. The van der Waals surface area contributed by atoms with Gasteiger partial charge in [-0.25, -0.2) is 0 Å². The van der Waals surface area contributed by atoms with Crippen molar-refractivity contribution >= 4 is 17.5 Å². The van der Waals surface area contributed by atoms with E-state index in [0.29, 0.717) is 13.1 Å². The van der Waals surface area contributed by atoms with E-state index in [9.17, 15) is 9.59 Å². The molecule has 1 fully saturated rings. The van der Waals surface area contributed by atoms with Crippen molar-refractivity contribution in [3.63, 3.8) is 0 Å². The van der Waals surface area contributed by atoms with E-state index < -0.39 is 0 Å². The van der Waals surface area contributed by atoms with Crippen LogP contribution in [0, 0.1) is 5.92 Å². The van der Waals surface area contributed by atoms with Gasteiger partial charge >= 0.3 is 0 Å². The van der Waals surface area contributed by atoms with Crippen LogP contribution in [0.4, 0.5) is 5.69 Å². The van der Waals surface area contributed by atoms with E-state index in [1.807, 2.05) is 42.5 Å². The number of amides is 2. The molecule has 0 bridgehead atoms. The molecule has 0 aliphatic carbocycles. The minimum atomic E-state index is -0.313. The lowest BCUT2D eigenvalue weighted by atomic mass is 10.1. The molecule has 2 heterocycles. The molecule has 1 aromatic carbocycles. The summed E-state index contributed by atoms with van der Waals surface area (Å²) >= 11 is 0. The molecule has 1 atom stereocenters. The van der Waals surface area contributed by atoms with Crippen LogP contribution < -0.4 is 10.2 Å². The Kier molecular flexibility index (Phi) is 4.89. The number of carbonyl (C=O) groups excluding carboxylic acids is 2. The Hall–Kier alpha value is -2.69. The van der Waals surface area contributed by atoms with E-state index in [1.165, 1.54) is 5.56 Å². The van der Waals surface area contributed by atoms with E-state index in [1.54, 1.807) is 11.1 Å². The number of aromatic nitrogens is 1. The number of anilines is 1. The van der Waals surface area contributed by atoms with Gasteiger partial charge in [-0.1, -0.05) is 25.1 Å². The van der Waals surface area contributed by atoms with Crippen molar-refractivity contribution in [3.05, 3.63) is 59.9 Å². The molecule has 2 aromatic rings. The van der Waals surface area contributed by atoms with Crippen LogP contribution in [0.2, 0.25) is 0 Å². The van der Waals surface area contributed by atoms with Crippen LogP contribution in [0.25, 0.3) is 0 Å². The van der Waals surface area contributed by atoms with Gasteiger partial charge in [-0.3, -0.25) is 14.6 Å². The number of hydrogen-bond acceptors (Lipinski definition) is 3. The summed E-state index contributed by atoms with van der Waals surface area (Å²) in [4.78, 5) is 30.5. The second-order valence-electron chi connectivity index (χ2n) is 5.96. The van der Waals surface area contributed by atoms with E-state index in [4.69, 9.17) is 0 Å². The first-order chi connectivity index (χ1) is 11.7. The number of hydrogen-bond donors (Lipinski definition) is 1. The van der Waals surface area contributed by atoms with Gasteiger partial charge in [0.25, 0.3) is 0 Å². The van der Waals surface area contributed by atoms with Gasteiger partial charge in [-0.05, 0) is 36.2 Å². The lowest BCUT2D eigenvalue weighted by Crippen LogP contribution is -2.32. The van der Waals surface area contributed by atoms with Crippen LogP contribution in [0.3, 0.4) is 0 Å². The number of nitrogens with one attached hydrogen (secondary N) is 1. The van der Waals surface area contributed by atoms with Gasteiger partial charge in [-0.2, -0.15) is 0 Å². The molecule has 0 spiro atoms. The average Bonchev–Trinajstić information content (AvgIpc) is 3.02. The first kappa shape index (κ1) is 16.2. The minimum absolute atomic E-state index is 0.00256. The van der Waals surface area contributed by atoms with Gasteiger partial charge in [0, 0.05) is 24.8 Å². The second-order valence-corrected chi connectivity index (χ2v) is 5.96. The van der Waals surface area contributed by atoms with Gasteiger partial charge in [0.1, 0.15) is 0 Å². The Morgan fingerprint density at radius 3 is 2.71 bits per heavy atom. The quantitative estimate of drug-likeness (QED) is 0.918. The molecule has 124 valence electrons. The number of carbonyl (C=O) groups is 2. The molecule has 5 heteroatoms. The zero-order chi connectivity index (χ0) is 16.9. The van der Waals surface area contributed by atoms with Crippen LogP contribution >= 0.6 is 0 Å². The predicted octanol–water partition coefficient (Wildman–Crippen LogP) is 2.31. The number of aryl methyl sites for hydroxylation is 1. The van der Waals surface area contributed by atoms with Crippen molar-refractivity contribution in [2.75, 3.05) is 11.4 Å². The Morgan fingerprint density at radius 1 is 1.25 bits per heavy atom. The molecule has 1 aliphatic rings. The van der Waals surface area contributed by atoms with Crippen molar-refractivity contribution in [1.29, 1.82) is 0 Å². The molecule has 0 saturated carbocycles. The highest BCUT2D eigenvalue weighted by molar-refractivity contribution is 6.00. The van der Waals surface area contributed by atoms with E-state index in [2.05, 4.69) is 17.2 Å². The van der Waals surface area contributed by atoms with E-state index >= 15 is 0 Å². The molecule has 1 saturated heterocycles. The topological polar surface area (TPSA) is 62.3 Å². The number of nitrogens with zero attached hydrogens (tertiary/aromatic N) is 2. The second kappa shape index (κ2) is 7.25. The lowest BCUT2D eigenvalue weighted by Gasteiger charge is -2.17. The monoisotopic (exact) mass is 323 g/mol. The predicted molar refractivity (Wildman–Crippen MR) is 92.4 cm³/mol. The molecule has 3 rings (SSSR count). The molecule has 24 heavy (non-hydrogen) atoms. The third-order valence-corrected chi connectivity index (χ3v) is 4.32. The van der Waals surface area contributed by atoms with Gasteiger partial charge < -0.3 is 10.2 Å². The fourth-order valence-electron chi connectivity index (χ4n) is 2.87. The van der Waals surface area contributed by atoms with Gasteiger partial charge in [0.2, 0.25) is 11.8 Å².